The van der Waals surface area contributed by atoms with Crippen LogP contribution in [0.3, 0.4) is 0 Å². The molecule has 126 valence electrons. The van der Waals surface area contributed by atoms with E-state index in [-0.39, 0.29) is 0 Å². The second-order valence-corrected chi connectivity index (χ2v) is 4.90. The number of hydrogen-bond acceptors (Lipinski definition) is 8. The Balaban J connectivity index is 2.84. The Labute approximate surface area is 140 Å². The van der Waals surface area contributed by atoms with E-state index >= 15 is 0 Å². The molecule has 1 aromatic rings. The van der Waals surface area contributed by atoms with Crippen LogP contribution in [-0.2, 0) is 0 Å². The van der Waals surface area contributed by atoms with Crippen molar-refractivity contribution in [2.45, 2.75) is 27.7 Å². The summed E-state index contributed by atoms with van der Waals surface area (Å²) < 4.78 is 0. The molecule has 24 heavy (non-hydrogen) atoms. The van der Waals surface area contributed by atoms with Gasteiger partial charge in [0.25, 0.3) is 0 Å². The monoisotopic (exact) mass is 328 g/mol. The predicted molar refractivity (Wildman–Crippen MR) is 97.6 cm³/mol. The van der Waals surface area contributed by atoms with E-state index in [1.807, 2.05) is 24.3 Å². The van der Waals surface area contributed by atoms with Gasteiger partial charge in [0, 0.05) is 0 Å². The Morgan fingerprint density at radius 1 is 0.750 bits per heavy atom. The summed E-state index contributed by atoms with van der Waals surface area (Å²) in [6.45, 7) is 6.68. The SMILES string of the molecule is CC(=NO)C(C)=NN=Cc1cccc(C=NN=C(C)C(C)=NO)c1. The lowest BCUT2D eigenvalue weighted by molar-refractivity contribution is 0.319. The third kappa shape index (κ3) is 6.30. The summed E-state index contributed by atoms with van der Waals surface area (Å²) in [7, 11) is 0. The van der Waals surface area contributed by atoms with Gasteiger partial charge in [0.05, 0.1) is 35.3 Å². The molecule has 0 saturated heterocycles. The van der Waals surface area contributed by atoms with Crippen LogP contribution in [0.5, 0.6) is 0 Å². The van der Waals surface area contributed by atoms with Crippen molar-refractivity contribution >= 4 is 35.3 Å². The van der Waals surface area contributed by atoms with Crippen molar-refractivity contribution in [3.63, 3.8) is 0 Å². The van der Waals surface area contributed by atoms with Crippen LogP contribution >= 0.6 is 0 Å². The average molecular weight is 328 g/mol. The van der Waals surface area contributed by atoms with Crippen molar-refractivity contribution in [3.05, 3.63) is 35.4 Å². The summed E-state index contributed by atoms with van der Waals surface area (Å²) in [5.74, 6) is 0. The first-order chi connectivity index (χ1) is 11.5. The van der Waals surface area contributed by atoms with E-state index in [1.54, 1.807) is 40.1 Å². The van der Waals surface area contributed by atoms with Gasteiger partial charge in [-0.15, -0.1) is 0 Å². The minimum Gasteiger partial charge on any atom is -0.411 e. The smallest absolute Gasteiger partial charge is 0.0994 e. The highest BCUT2D eigenvalue weighted by Crippen LogP contribution is 2.01. The van der Waals surface area contributed by atoms with Gasteiger partial charge in [-0.3, -0.25) is 0 Å². The van der Waals surface area contributed by atoms with E-state index in [2.05, 4.69) is 30.7 Å². The minimum absolute atomic E-state index is 0.406. The third-order valence-corrected chi connectivity index (χ3v) is 3.09. The van der Waals surface area contributed by atoms with Crippen LogP contribution in [-0.4, -0.2) is 45.7 Å². The quantitative estimate of drug-likeness (QED) is 0.475. The predicted octanol–water partition coefficient (Wildman–Crippen LogP) is 2.98. The fourth-order valence-corrected chi connectivity index (χ4v) is 1.37. The lowest BCUT2D eigenvalue weighted by Gasteiger charge is -1.96. The van der Waals surface area contributed by atoms with Crippen LogP contribution in [0.4, 0.5) is 0 Å². The molecule has 0 aliphatic heterocycles. The second-order valence-electron chi connectivity index (χ2n) is 4.90. The maximum atomic E-state index is 8.64. The zero-order valence-corrected chi connectivity index (χ0v) is 14.0. The zero-order chi connectivity index (χ0) is 17.9. The topological polar surface area (TPSA) is 115 Å². The average Bonchev–Trinajstić information content (AvgIpc) is 2.60. The highest BCUT2D eigenvalue weighted by molar-refractivity contribution is 6.40. The Kier molecular flexibility index (Phi) is 7.69. The van der Waals surface area contributed by atoms with Crippen molar-refractivity contribution in [1.82, 2.24) is 0 Å². The molecule has 8 nitrogen and oxygen atoms in total. The fourth-order valence-electron chi connectivity index (χ4n) is 1.37. The molecule has 8 heteroatoms. The van der Waals surface area contributed by atoms with E-state index in [4.69, 9.17) is 10.4 Å². The van der Waals surface area contributed by atoms with Crippen molar-refractivity contribution in [2.75, 3.05) is 0 Å². The van der Waals surface area contributed by atoms with Crippen molar-refractivity contribution in [2.24, 2.45) is 30.7 Å². The standard InChI is InChI=1S/C16H20N6O2/c1-11(13(3)21-23)19-17-9-15-6-5-7-16(8-15)10-18-20-12(2)14(4)22-24/h5-10,23-24H,1-4H3. The maximum Gasteiger partial charge on any atom is 0.0994 e. The first-order valence-electron chi connectivity index (χ1n) is 7.11. The normalized spacial score (nSPS) is 14.8. The summed E-state index contributed by atoms with van der Waals surface area (Å²) in [4.78, 5) is 0. The van der Waals surface area contributed by atoms with Crippen LogP contribution in [0.25, 0.3) is 0 Å². The van der Waals surface area contributed by atoms with Crippen molar-refractivity contribution in [3.8, 4) is 0 Å². The van der Waals surface area contributed by atoms with Gasteiger partial charge in [0.15, 0.2) is 0 Å². The molecule has 0 radical (unpaired) electrons. The fraction of sp³-hybridized carbons (Fsp3) is 0.250. The van der Waals surface area contributed by atoms with Gasteiger partial charge < -0.3 is 10.4 Å². The number of oxime groups is 2. The molecule has 0 fully saturated rings. The van der Waals surface area contributed by atoms with Gasteiger partial charge in [0.2, 0.25) is 0 Å². The third-order valence-electron chi connectivity index (χ3n) is 3.09. The van der Waals surface area contributed by atoms with E-state index in [1.165, 1.54) is 0 Å². The first-order valence-corrected chi connectivity index (χ1v) is 7.11. The molecule has 0 aliphatic rings. The van der Waals surface area contributed by atoms with Gasteiger partial charge in [-0.2, -0.15) is 20.4 Å². The van der Waals surface area contributed by atoms with E-state index < -0.39 is 0 Å². The van der Waals surface area contributed by atoms with Crippen LogP contribution in [0.2, 0.25) is 0 Å². The Bertz CT molecular complexity index is 685. The van der Waals surface area contributed by atoms with Gasteiger partial charge in [-0.1, -0.05) is 28.5 Å². The van der Waals surface area contributed by atoms with Gasteiger partial charge in [-0.05, 0) is 44.9 Å². The molecule has 0 aromatic heterocycles. The van der Waals surface area contributed by atoms with Crippen LogP contribution in [0, 0.1) is 0 Å². The highest BCUT2D eigenvalue weighted by atomic mass is 16.4. The van der Waals surface area contributed by atoms with Crippen LogP contribution in [0.1, 0.15) is 38.8 Å². The van der Waals surface area contributed by atoms with E-state index in [0.29, 0.717) is 22.8 Å². The summed E-state index contributed by atoms with van der Waals surface area (Å²) in [5, 5.41) is 39.2. The minimum atomic E-state index is 0.406. The lowest BCUT2D eigenvalue weighted by atomic mass is 10.1. The Morgan fingerprint density at radius 3 is 1.54 bits per heavy atom. The number of benzene rings is 1. The lowest BCUT2D eigenvalue weighted by Crippen LogP contribution is -2.04. The molecule has 0 heterocycles. The molecular weight excluding hydrogens is 308 g/mol. The molecule has 0 spiro atoms. The molecule has 1 rings (SSSR count). The van der Waals surface area contributed by atoms with E-state index in [9.17, 15) is 0 Å². The molecule has 1 aromatic carbocycles. The van der Waals surface area contributed by atoms with Gasteiger partial charge in [-0.25, -0.2) is 0 Å². The zero-order valence-electron chi connectivity index (χ0n) is 14.0. The number of nitrogens with zero attached hydrogens (tertiary/aromatic N) is 6. The largest absolute Gasteiger partial charge is 0.411 e. The van der Waals surface area contributed by atoms with Crippen LogP contribution in [0.15, 0.2) is 55.0 Å². The Morgan fingerprint density at radius 2 is 1.17 bits per heavy atom. The molecule has 0 saturated carbocycles. The van der Waals surface area contributed by atoms with E-state index in [0.717, 1.165) is 11.1 Å². The Hall–Kier alpha value is -3.16. The number of rotatable bonds is 6. The summed E-state index contributed by atoms with van der Waals surface area (Å²) in [5.41, 5.74) is 3.53. The molecule has 0 atom stereocenters. The molecule has 0 amide bonds. The maximum absolute atomic E-state index is 8.64. The van der Waals surface area contributed by atoms with Crippen molar-refractivity contribution in [1.29, 1.82) is 0 Å². The summed E-state index contributed by atoms with van der Waals surface area (Å²) in [6.07, 6.45) is 3.17. The first kappa shape index (κ1) is 18.9. The van der Waals surface area contributed by atoms with Crippen molar-refractivity contribution < 1.29 is 10.4 Å². The van der Waals surface area contributed by atoms with Crippen LogP contribution < -0.4 is 0 Å². The number of hydrogen-bond donors (Lipinski definition) is 2. The molecule has 0 aliphatic carbocycles. The summed E-state index contributed by atoms with van der Waals surface area (Å²) >= 11 is 0. The molecule has 2 N–H and O–H groups in total. The molecule has 0 unspecified atom stereocenters. The second kappa shape index (κ2) is 9.78. The van der Waals surface area contributed by atoms with Gasteiger partial charge >= 0.3 is 0 Å². The summed E-state index contributed by atoms with van der Waals surface area (Å²) in [6, 6.07) is 7.46. The molecular formula is C16H20N6O2. The highest BCUT2D eigenvalue weighted by Gasteiger charge is 1.96. The van der Waals surface area contributed by atoms with Gasteiger partial charge in [0.1, 0.15) is 0 Å². The molecule has 0 bridgehead atoms.